The summed E-state index contributed by atoms with van der Waals surface area (Å²) >= 11 is 1.92. The van der Waals surface area contributed by atoms with Crippen molar-refractivity contribution in [3.8, 4) is 17.2 Å². The maximum absolute atomic E-state index is 12.4. The third kappa shape index (κ3) is 4.99. The number of amides is 1. The third-order valence-corrected chi connectivity index (χ3v) is 6.45. The molecule has 1 amide bonds. The molecule has 0 spiro atoms. The van der Waals surface area contributed by atoms with Crippen LogP contribution in [0.1, 0.15) is 17.5 Å². The molecule has 1 fully saturated rings. The molecule has 1 saturated heterocycles. The van der Waals surface area contributed by atoms with Crippen molar-refractivity contribution < 1.29 is 9.53 Å². The van der Waals surface area contributed by atoms with E-state index in [0.29, 0.717) is 19.6 Å². The zero-order valence-electron chi connectivity index (χ0n) is 16.3. The molecular weight excluding hydrogens is 382 g/mol. The second kappa shape index (κ2) is 9.45. The Balaban J connectivity index is 1.38. The molecule has 6 heteroatoms. The number of nitriles is 1. The number of ether oxygens (including phenoxy) is 1. The van der Waals surface area contributed by atoms with Crippen LogP contribution in [-0.4, -0.2) is 43.5 Å². The molecule has 2 N–H and O–H groups in total. The molecule has 0 radical (unpaired) electrons. The minimum Gasteiger partial charge on any atom is -0.367 e. The molecule has 2 atom stereocenters. The first-order valence-corrected chi connectivity index (χ1v) is 11.1. The second-order valence-corrected chi connectivity index (χ2v) is 8.57. The lowest BCUT2D eigenvalue weighted by Crippen LogP contribution is -2.46. The van der Waals surface area contributed by atoms with E-state index in [-0.39, 0.29) is 5.91 Å². The average molecular weight is 408 g/mol. The van der Waals surface area contributed by atoms with E-state index in [4.69, 9.17) is 4.74 Å². The van der Waals surface area contributed by atoms with Gasteiger partial charge in [-0.15, -0.1) is 11.8 Å². The number of hydrogen-bond acceptors (Lipinski definition) is 5. The highest BCUT2D eigenvalue weighted by molar-refractivity contribution is 7.99. The molecular formula is C23H25N3O2S. The van der Waals surface area contributed by atoms with Crippen molar-refractivity contribution >= 4 is 17.7 Å². The van der Waals surface area contributed by atoms with E-state index in [1.165, 1.54) is 27.3 Å². The number of nitrogens with one attached hydrogen (secondary N) is 2. The number of aryl methyl sites for hydroxylation is 1. The SMILES string of the molecule is N#C[C@H](Cc1ccc(-c2ccc3c(c2)CCS3)cc1)NC(=O)[C@@H]1CNCCCO1. The minimum absolute atomic E-state index is 0.224. The first kappa shape index (κ1) is 20.0. The Morgan fingerprint density at radius 3 is 2.93 bits per heavy atom. The molecule has 5 nitrogen and oxygen atoms in total. The number of thioether (sulfide) groups is 1. The summed E-state index contributed by atoms with van der Waals surface area (Å²) in [7, 11) is 0. The van der Waals surface area contributed by atoms with Gasteiger partial charge in [-0.1, -0.05) is 36.4 Å². The maximum atomic E-state index is 12.4. The van der Waals surface area contributed by atoms with Gasteiger partial charge >= 0.3 is 0 Å². The average Bonchev–Trinajstić information content (AvgIpc) is 3.05. The maximum Gasteiger partial charge on any atom is 0.251 e. The van der Waals surface area contributed by atoms with Crippen LogP contribution in [0.25, 0.3) is 11.1 Å². The summed E-state index contributed by atoms with van der Waals surface area (Å²) < 4.78 is 5.57. The summed E-state index contributed by atoms with van der Waals surface area (Å²) in [6, 6.07) is 16.6. The molecule has 2 aliphatic rings. The molecule has 2 aromatic carbocycles. The Labute approximate surface area is 175 Å². The lowest BCUT2D eigenvalue weighted by molar-refractivity contribution is -0.132. The van der Waals surface area contributed by atoms with Crippen LogP contribution in [0, 0.1) is 11.3 Å². The second-order valence-electron chi connectivity index (χ2n) is 7.43. The molecule has 2 aliphatic heterocycles. The van der Waals surface area contributed by atoms with Crippen LogP contribution in [0.15, 0.2) is 47.4 Å². The van der Waals surface area contributed by atoms with Crippen molar-refractivity contribution in [2.45, 2.75) is 36.3 Å². The number of nitrogens with zero attached hydrogens (tertiary/aromatic N) is 1. The lowest BCUT2D eigenvalue weighted by Gasteiger charge is -2.18. The van der Waals surface area contributed by atoms with Crippen molar-refractivity contribution in [3.05, 3.63) is 53.6 Å². The van der Waals surface area contributed by atoms with Gasteiger partial charge in [-0.25, -0.2) is 0 Å². The van der Waals surface area contributed by atoms with Gasteiger partial charge < -0.3 is 15.4 Å². The predicted octanol–water partition coefficient (Wildman–Crippen LogP) is 2.93. The molecule has 29 heavy (non-hydrogen) atoms. The number of benzene rings is 2. The van der Waals surface area contributed by atoms with Gasteiger partial charge in [-0.2, -0.15) is 5.26 Å². The Morgan fingerprint density at radius 1 is 1.28 bits per heavy atom. The number of carbonyl (C=O) groups excluding carboxylic acids is 1. The number of rotatable bonds is 5. The fourth-order valence-electron chi connectivity index (χ4n) is 3.71. The first-order chi connectivity index (χ1) is 14.2. The minimum atomic E-state index is -0.572. The molecule has 0 aliphatic carbocycles. The topological polar surface area (TPSA) is 74.2 Å². The predicted molar refractivity (Wildman–Crippen MR) is 115 cm³/mol. The van der Waals surface area contributed by atoms with Crippen molar-refractivity contribution in [2.75, 3.05) is 25.4 Å². The van der Waals surface area contributed by atoms with Gasteiger partial charge in [0.15, 0.2) is 0 Å². The highest BCUT2D eigenvalue weighted by Gasteiger charge is 2.23. The summed E-state index contributed by atoms with van der Waals surface area (Å²) in [4.78, 5) is 13.8. The fraction of sp³-hybridized carbons (Fsp3) is 0.391. The van der Waals surface area contributed by atoms with Gasteiger partial charge in [-0.3, -0.25) is 4.79 Å². The van der Waals surface area contributed by atoms with E-state index in [0.717, 1.165) is 24.9 Å². The van der Waals surface area contributed by atoms with Crippen LogP contribution >= 0.6 is 11.8 Å². The van der Waals surface area contributed by atoms with Crippen molar-refractivity contribution in [1.82, 2.24) is 10.6 Å². The van der Waals surface area contributed by atoms with Crippen LogP contribution in [0.3, 0.4) is 0 Å². The van der Waals surface area contributed by atoms with E-state index in [1.54, 1.807) is 0 Å². The van der Waals surface area contributed by atoms with Crippen LogP contribution in [-0.2, 0) is 22.4 Å². The van der Waals surface area contributed by atoms with Crippen LogP contribution in [0.5, 0.6) is 0 Å². The van der Waals surface area contributed by atoms with E-state index in [1.807, 2.05) is 23.9 Å². The quantitative estimate of drug-likeness (QED) is 0.797. The summed E-state index contributed by atoms with van der Waals surface area (Å²) in [6.45, 7) is 1.89. The first-order valence-electron chi connectivity index (χ1n) is 10.1. The smallest absolute Gasteiger partial charge is 0.251 e. The summed E-state index contributed by atoms with van der Waals surface area (Å²) in [6.07, 6.45) is 1.97. The Morgan fingerprint density at radius 2 is 2.10 bits per heavy atom. The zero-order valence-corrected chi connectivity index (χ0v) is 17.1. The molecule has 0 aromatic heterocycles. The standard InChI is InChI=1S/C23H25N3O2S/c24-14-20(26-23(27)21-15-25-9-1-10-28-21)12-16-2-4-17(5-3-16)18-6-7-22-19(13-18)8-11-29-22/h2-7,13,20-21,25H,1,8-12,15H2,(H,26,27)/t20-,21-/m0/s1. The molecule has 2 aromatic rings. The molecule has 4 rings (SSSR count). The number of fused-ring (bicyclic) bond motifs is 1. The van der Waals surface area contributed by atoms with Gasteiger partial charge in [0.05, 0.1) is 6.07 Å². The Hall–Kier alpha value is -2.33. The van der Waals surface area contributed by atoms with Crippen molar-refractivity contribution in [2.24, 2.45) is 0 Å². The van der Waals surface area contributed by atoms with Gasteiger partial charge in [-0.05, 0) is 47.7 Å². The summed E-state index contributed by atoms with van der Waals surface area (Å²) in [5.74, 6) is 0.944. The third-order valence-electron chi connectivity index (χ3n) is 5.33. The van der Waals surface area contributed by atoms with E-state index >= 15 is 0 Å². The molecule has 0 unspecified atom stereocenters. The van der Waals surface area contributed by atoms with Crippen LogP contribution in [0.2, 0.25) is 0 Å². The van der Waals surface area contributed by atoms with E-state index in [9.17, 15) is 10.1 Å². The lowest BCUT2D eigenvalue weighted by atomic mass is 9.99. The number of hydrogen-bond donors (Lipinski definition) is 2. The number of carbonyl (C=O) groups is 1. The highest BCUT2D eigenvalue weighted by atomic mass is 32.2. The zero-order chi connectivity index (χ0) is 20.1. The van der Waals surface area contributed by atoms with E-state index < -0.39 is 12.1 Å². The van der Waals surface area contributed by atoms with Crippen LogP contribution < -0.4 is 10.6 Å². The normalized spacial score (nSPS) is 19.6. The Kier molecular flexibility index (Phi) is 6.50. The van der Waals surface area contributed by atoms with Crippen molar-refractivity contribution in [3.63, 3.8) is 0 Å². The monoisotopic (exact) mass is 407 g/mol. The van der Waals surface area contributed by atoms with Gasteiger partial charge in [0.2, 0.25) is 0 Å². The van der Waals surface area contributed by atoms with Gasteiger partial charge in [0.25, 0.3) is 5.91 Å². The summed E-state index contributed by atoms with van der Waals surface area (Å²) in [5, 5.41) is 15.5. The van der Waals surface area contributed by atoms with E-state index in [2.05, 4.69) is 47.0 Å². The van der Waals surface area contributed by atoms with Crippen molar-refractivity contribution in [1.29, 1.82) is 5.26 Å². The Bertz CT molecular complexity index is 899. The molecule has 150 valence electrons. The summed E-state index contributed by atoms with van der Waals surface area (Å²) in [5.41, 5.74) is 4.85. The van der Waals surface area contributed by atoms with Gasteiger partial charge in [0, 0.05) is 30.2 Å². The fourth-order valence-corrected chi connectivity index (χ4v) is 4.76. The molecule has 0 saturated carbocycles. The van der Waals surface area contributed by atoms with Gasteiger partial charge in [0.1, 0.15) is 12.1 Å². The molecule has 0 bridgehead atoms. The highest BCUT2D eigenvalue weighted by Crippen LogP contribution is 2.34. The van der Waals surface area contributed by atoms with Crippen LogP contribution in [0.4, 0.5) is 0 Å². The molecule has 2 heterocycles. The largest absolute Gasteiger partial charge is 0.367 e.